The zero-order chi connectivity index (χ0) is 12.7. The number of hydrogen-bond donors (Lipinski definition) is 1. The first-order valence-corrected chi connectivity index (χ1v) is 7.00. The second-order valence-corrected chi connectivity index (χ2v) is 5.48. The molecule has 3 heteroatoms. The smallest absolute Gasteiger partial charge is 0.309 e. The van der Waals surface area contributed by atoms with Gasteiger partial charge in [0.05, 0.1) is 12.5 Å². The largest absolute Gasteiger partial charge is 0.465 e. The summed E-state index contributed by atoms with van der Waals surface area (Å²) >= 11 is 0. The van der Waals surface area contributed by atoms with Crippen LogP contribution in [0.5, 0.6) is 0 Å². The third kappa shape index (κ3) is 5.53. The SMILES string of the molecule is CCNCC(C)C(=O)OCC1CCCC(C)C1. The molecule has 100 valence electrons. The van der Waals surface area contributed by atoms with Crippen LogP contribution in [0.3, 0.4) is 0 Å². The van der Waals surface area contributed by atoms with Crippen molar-refractivity contribution in [3.05, 3.63) is 0 Å². The van der Waals surface area contributed by atoms with E-state index in [9.17, 15) is 4.79 Å². The summed E-state index contributed by atoms with van der Waals surface area (Å²) in [6.45, 7) is 8.51. The van der Waals surface area contributed by atoms with Crippen LogP contribution < -0.4 is 5.32 Å². The lowest BCUT2D eigenvalue weighted by Gasteiger charge is -2.26. The van der Waals surface area contributed by atoms with E-state index in [0.29, 0.717) is 12.5 Å². The van der Waals surface area contributed by atoms with Crippen molar-refractivity contribution in [1.82, 2.24) is 5.32 Å². The Kier molecular flexibility index (Phi) is 6.56. The minimum absolute atomic E-state index is 0.0315. The first kappa shape index (κ1) is 14.5. The Hall–Kier alpha value is -0.570. The molecule has 0 aromatic rings. The number of carbonyl (C=O) groups excluding carboxylic acids is 1. The molecule has 0 bridgehead atoms. The Labute approximate surface area is 105 Å². The molecule has 3 unspecified atom stereocenters. The molecule has 1 fully saturated rings. The van der Waals surface area contributed by atoms with Gasteiger partial charge in [0, 0.05) is 6.54 Å². The van der Waals surface area contributed by atoms with Gasteiger partial charge in [0.25, 0.3) is 0 Å². The van der Waals surface area contributed by atoms with Gasteiger partial charge in [-0.1, -0.05) is 33.6 Å². The lowest BCUT2D eigenvalue weighted by atomic mass is 9.83. The van der Waals surface area contributed by atoms with Crippen molar-refractivity contribution in [3.8, 4) is 0 Å². The van der Waals surface area contributed by atoms with Crippen LogP contribution in [-0.4, -0.2) is 25.7 Å². The summed E-state index contributed by atoms with van der Waals surface area (Å²) in [6, 6.07) is 0. The molecule has 1 rings (SSSR count). The second kappa shape index (κ2) is 7.70. The standard InChI is InChI=1S/C14H27NO2/c1-4-15-9-12(3)14(16)17-10-13-7-5-6-11(2)8-13/h11-13,15H,4-10H2,1-3H3. The van der Waals surface area contributed by atoms with Crippen molar-refractivity contribution in [2.24, 2.45) is 17.8 Å². The van der Waals surface area contributed by atoms with E-state index in [1.165, 1.54) is 25.7 Å². The Bertz CT molecular complexity index is 230. The highest BCUT2D eigenvalue weighted by molar-refractivity contribution is 5.72. The van der Waals surface area contributed by atoms with Crippen molar-refractivity contribution in [1.29, 1.82) is 0 Å². The van der Waals surface area contributed by atoms with Crippen LogP contribution in [0.25, 0.3) is 0 Å². The van der Waals surface area contributed by atoms with Crippen LogP contribution in [0, 0.1) is 17.8 Å². The highest BCUT2D eigenvalue weighted by atomic mass is 16.5. The van der Waals surface area contributed by atoms with Crippen molar-refractivity contribution in [3.63, 3.8) is 0 Å². The Morgan fingerprint density at radius 2 is 2.24 bits per heavy atom. The first-order valence-electron chi connectivity index (χ1n) is 7.00. The van der Waals surface area contributed by atoms with Gasteiger partial charge in [-0.05, 0) is 31.2 Å². The van der Waals surface area contributed by atoms with Crippen LogP contribution in [0.4, 0.5) is 0 Å². The van der Waals surface area contributed by atoms with Crippen molar-refractivity contribution in [2.75, 3.05) is 19.7 Å². The fraction of sp³-hybridized carbons (Fsp3) is 0.929. The number of hydrogen-bond acceptors (Lipinski definition) is 3. The van der Waals surface area contributed by atoms with E-state index in [-0.39, 0.29) is 11.9 Å². The van der Waals surface area contributed by atoms with Crippen molar-refractivity contribution >= 4 is 5.97 Å². The molecule has 0 amide bonds. The van der Waals surface area contributed by atoms with E-state index in [4.69, 9.17) is 4.74 Å². The molecule has 0 radical (unpaired) electrons. The first-order chi connectivity index (χ1) is 8.13. The van der Waals surface area contributed by atoms with Gasteiger partial charge in [-0.2, -0.15) is 0 Å². The van der Waals surface area contributed by atoms with Gasteiger partial charge in [-0.25, -0.2) is 0 Å². The minimum Gasteiger partial charge on any atom is -0.465 e. The van der Waals surface area contributed by atoms with Gasteiger partial charge in [0.1, 0.15) is 0 Å². The summed E-state index contributed by atoms with van der Waals surface area (Å²) in [7, 11) is 0. The molecule has 1 aliphatic rings. The molecule has 0 aliphatic heterocycles. The van der Waals surface area contributed by atoms with E-state index in [2.05, 4.69) is 12.2 Å². The average Bonchev–Trinajstić information content (AvgIpc) is 2.33. The van der Waals surface area contributed by atoms with Gasteiger partial charge in [0.15, 0.2) is 0 Å². The summed E-state index contributed by atoms with van der Waals surface area (Å²) in [5.74, 6) is 1.31. The van der Waals surface area contributed by atoms with Gasteiger partial charge < -0.3 is 10.1 Å². The van der Waals surface area contributed by atoms with Gasteiger partial charge >= 0.3 is 5.97 Å². The topological polar surface area (TPSA) is 38.3 Å². The molecule has 1 saturated carbocycles. The molecule has 3 nitrogen and oxygen atoms in total. The summed E-state index contributed by atoms with van der Waals surface area (Å²) < 4.78 is 5.41. The summed E-state index contributed by atoms with van der Waals surface area (Å²) in [4.78, 5) is 11.7. The molecular formula is C14H27NO2. The predicted octanol–water partition coefficient (Wildman–Crippen LogP) is 2.60. The lowest BCUT2D eigenvalue weighted by Crippen LogP contribution is -2.29. The monoisotopic (exact) mass is 241 g/mol. The maximum atomic E-state index is 11.7. The summed E-state index contributed by atoms with van der Waals surface area (Å²) in [5.41, 5.74) is 0. The normalized spacial score (nSPS) is 26.5. The van der Waals surface area contributed by atoms with Crippen LogP contribution >= 0.6 is 0 Å². The molecule has 17 heavy (non-hydrogen) atoms. The maximum Gasteiger partial charge on any atom is 0.309 e. The van der Waals surface area contributed by atoms with Crippen LogP contribution in [0.1, 0.15) is 46.5 Å². The van der Waals surface area contributed by atoms with Crippen molar-refractivity contribution < 1.29 is 9.53 Å². The molecule has 0 spiro atoms. The number of nitrogens with one attached hydrogen (secondary N) is 1. The fourth-order valence-corrected chi connectivity index (χ4v) is 2.50. The highest BCUT2D eigenvalue weighted by Gasteiger charge is 2.21. The summed E-state index contributed by atoms with van der Waals surface area (Å²) in [6.07, 6.45) is 5.06. The van der Waals surface area contributed by atoms with Gasteiger partial charge in [-0.3, -0.25) is 4.79 Å². The fourth-order valence-electron chi connectivity index (χ4n) is 2.50. The van der Waals surface area contributed by atoms with Crippen LogP contribution in [0.15, 0.2) is 0 Å². The average molecular weight is 241 g/mol. The number of ether oxygens (including phenoxy) is 1. The number of carbonyl (C=O) groups is 1. The molecule has 0 aromatic heterocycles. The Morgan fingerprint density at radius 1 is 1.47 bits per heavy atom. The molecule has 3 atom stereocenters. The third-order valence-electron chi connectivity index (χ3n) is 3.61. The van der Waals surface area contributed by atoms with E-state index >= 15 is 0 Å². The van der Waals surface area contributed by atoms with Gasteiger partial charge in [0.2, 0.25) is 0 Å². The van der Waals surface area contributed by atoms with E-state index < -0.39 is 0 Å². The highest BCUT2D eigenvalue weighted by Crippen LogP contribution is 2.28. The zero-order valence-corrected chi connectivity index (χ0v) is 11.5. The molecular weight excluding hydrogens is 214 g/mol. The number of esters is 1. The maximum absolute atomic E-state index is 11.7. The molecule has 1 N–H and O–H groups in total. The molecule has 1 aliphatic carbocycles. The van der Waals surface area contributed by atoms with E-state index in [1.807, 2.05) is 13.8 Å². The quantitative estimate of drug-likeness (QED) is 0.726. The van der Waals surface area contributed by atoms with Crippen molar-refractivity contribution in [2.45, 2.75) is 46.5 Å². The Balaban J connectivity index is 2.18. The van der Waals surface area contributed by atoms with E-state index in [1.54, 1.807) is 0 Å². The lowest BCUT2D eigenvalue weighted by molar-refractivity contribution is -0.149. The van der Waals surface area contributed by atoms with Crippen LogP contribution in [0.2, 0.25) is 0 Å². The summed E-state index contributed by atoms with van der Waals surface area (Å²) in [5, 5.41) is 3.17. The van der Waals surface area contributed by atoms with Crippen LogP contribution in [-0.2, 0) is 9.53 Å². The molecule has 0 aromatic carbocycles. The van der Waals surface area contributed by atoms with E-state index in [0.717, 1.165) is 19.0 Å². The molecule has 0 saturated heterocycles. The second-order valence-electron chi connectivity index (χ2n) is 5.48. The number of rotatable bonds is 6. The Morgan fingerprint density at radius 3 is 2.88 bits per heavy atom. The zero-order valence-electron chi connectivity index (χ0n) is 11.5. The third-order valence-corrected chi connectivity index (χ3v) is 3.61. The van der Waals surface area contributed by atoms with Gasteiger partial charge in [-0.15, -0.1) is 0 Å². The minimum atomic E-state index is -0.0517. The molecule has 0 heterocycles. The predicted molar refractivity (Wildman–Crippen MR) is 69.8 cm³/mol.